The molecule has 104 valence electrons. The second kappa shape index (κ2) is 8.66. The average molecular weight is 330 g/mol. The van der Waals surface area contributed by atoms with Gasteiger partial charge in [-0.25, -0.2) is 4.79 Å². The van der Waals surface area contributed by atoms with Gasteiger partial charge in [-0.05, 0) is 5.56 Å². The summed E-state index contributed by atoms with van der Waals surface area (Å²) in [4.78, 5) is 22.8. The van der Waals surface area contributed by atoms with Gasteiger partial charge in [0.2, 0.25) is 0 Å². The van der Waals surface area contributed by atoms with E-state index in [-0.39, 0.29) is 24.3 Å². The number of Topliss-reactive ketones (excluding diaryl/α,β-unsaturated/α-hetero) is 1. The monoisotopic (exact) mass is 329 g/mol. The second-order valence-electron chi connectivity index (χ2n) is 3.77. The summed E-state index contributed by atoms with van der Waals surface area (Å²) < 4.78 is 9.97. The summed E-state index contributed by atoms with van der Waals surface area (Å²) in [6.45, 7) is 0.283. The number of alkyl halides is 1. The Kier molecular flexibility index (Phi) is 7.14. The number of amides is 1. The van der Waals surface area contributed by atoms with Crippen molar-refractivity contribution in [1.29, 1.82) is 0 Å². The average Bonchev–Trinajstić information content (AvgIpc) is 2.46. The van der Waals surface area contributed by atoms with Crippen molar-refractivity contribution in [1.82, 2.24) is 5.32 Å². The van der Waals surface area contributed by atoms with Gasteiger partial charge in [-0.2, -0.15) is 0 Å². The number of methoxy groups -OCH3 is 1. The molecule has 0 fully saturated rings. The van der Waals surface area contributed by atoms with Crippen LogP contribution in [0.5, 0.6) is 0 Å². The summed E-state index contributed by atoms with van der Waals surface area (Å²) in [6.07, 6.45) is -1.24. The molecule has 0 heterocycles. The van der Waals surface area contributed by atoms with Gasteiger partial charge in [0, 0.05) is 7.11 Å². The van der Waals surface area contributed by atoms with Crippen molar-refractivity contribution in [3.05, 3.63) is 35.9 Å². The molecule has 1 atom stereocenters. The molecule has 19 heavy (non-hydrogen) atoms. The quantitative estimate of drug-likeness (QED) is 0.776. The number of benzene rings is 1. The number of rotatable bonds is 7. The Bertz CT molecular complexity index is 410. The van der Waals surface area contributed by atoms with Gasteiger partial charge in [0.25, 0.3) is 0 Å². The highest BCUT2D eigenvalue weighted by Gasteiger charge is 2.17. The van der Waals surface area contributed by atoms with Gasteiger partial charge in [0.05, 0.1) is 11.9 Å². The Hall–Kier alpha value is -1.40. The highest BCUT2D eigenvalue weighted by molar-refractivity contribution is 9.09. The smallest absolute Gasteiger partial charge is 0.407 e. The maximum Gasteiger partial charge on any atom is 0.407 e. The number of hydrogen-bond donors (Lipinski definition) is 1. The van der Waals surface area contributed by atoms with Crippen LogP contribution in [0.2, 0.25) is 0 Å². The Morgan fingerprint density at radius 3 is 2.58 bits per heavy atom. The van der Waals surface area contributed by atoms with Gasteiger partial charge in [0.1, 0.15) is 12.7 Å². The molecule has 0 radical (unpaired) electrons. The fourth-order valence-corrected chi connectivity index (χ4v) is 1.73. The molecular formula is C13H16BrNO4. The molecule has 1 aromatic rings. The van der Waals surface area contributed by atoms with Crippen molar-refractivity contribution >= 4 is 27.8 Å². The number of hydrogen-bond acceptors (Lipinski definition) is 4. The maximum absolute atomic E-state index is 11.4. The third-order valence-electron chi connectivity index (χ3n) is 2.42. The van der Waals surface area contributed by atoms with Crippen LogP contribution < -0.4 is 5.32 Å². The van der Waals surface area contributed by atoms with E-state index in [9.17, 15) is 9.59 Å². The molecule has 5 nitrogen and oxygen atoms in total. The number of halogens is 1. The lowest BCUT2D eigenvalue weighted by molar-refractivity contribution is -0.125. The molecule has 0 saturated carbocycles. The van der Waals surface area contributed by atoms with Crippen molar-refractivity contribution in [2.45, 2.75) is 12.7 Å². The Morgan fingerprint density at radius 1 is 1.32 bits per heavy atom. The van der Waals surface area contributed by atoms with Crippen molar-refractivity contribution in [3.8, 4) is 0 Å². The number of carbonyl (C=O) groups excluding carboxylic acids is 2. The predicted molar refractivity (Wildman–Crippen MR) is 74.2 cm³/mol. The molecule has 0 saturated heterocycles. The van der Waals surface area contributed by atoms with E-state index < -0.39 is 12.2 Å². The molecule has 1 amide bonds. The van der Waals surface area contributed by atoms with Crippen LogP contribution in [-0.2, 0) is 20.9 Å². The first kappa shape index (κ1) is 15.7. The zero-order valence-electron chi connectivity index (χ0n) is 10.6. The normalized spacial score (nSPS) is 11.7. The van der Waals surface area contributed by atoms with Crippen LogP contribution >= 0.6 is 15.9 Å². The van der Waals surface area contributed by atoms with E-state index in [4.69, 9.17) is 9.47 Å². The summed E-state index contributed by atoms with van der Waals surface area (Å²) in [6, 6.07) is 9.34. The summed E-state index contributed by atoms with van der Waals surface area (Å²) in [5, 5.41) is 2.68. The van der Waals surface area contributed by atoms with Crippen LogP contribution in [0.1, 0.15) is 5.56 Å². The lowest BCUT2D eigenvalue weighted by Crippen LogP contribution is -2.38. The standard InChI is InChI=1S/C13H16BrNO4/c1-18-12(11(16)7-14)8-15-13(17)19-9-10-5-3-2-4-6-10/h2-6,12H,7-9H2,1H3,(H,15,17). The lowest BCUT2D eigenvalue weighted by Gasteiger charge is -2.13. The molecule has 1 rings (SSSR count). The van der Waals surface area contributed by atoms with Gasteiger partial charge < -0.3 is 14.8 Å². The van der Waals surface area contributed by atoms with Crippen LogP contribution in [0.15, 0.2) is 30.3 Å². The highest BCUT2D eigenvalue weighted by atomic mass is 79.9. The van der Waals surface area contributed by atoms with Gasteiger partial charge in [-0.3, -0.25) is 4.79 Å². The van der Waals surface area contributed by atoms with Gasteiger partial charge >= 0.3 is 6.09 Å². The zero-order valence-corrected chi connectivity index (χ0v) is 12.2. The molecule has 0 aliphatic carbocycles. The molecule has 0 spiro atoms. The highest BCUT2D eigenvalue weighted by Crippen LogP contribution is 2.01. The van der Waals surface area contributed by atoms with E-state index in [0.717, 1.165) is 5.56 Å². The number of ketones is 1. The molecule has 0 bridgehead atoms. The van der Waals surface area contributed by atoms with E-state index in [1.54, 1.807) is 0 Å². The van der Waals surface area contributed by atoms with E-state index in [0.29, 0.717) is 0 Å². The Balaban J connectivity index is 2.29. The van der Waals surface area contributed by atoms with Gasteiger partial charge in [-0.1, -0.05) is 46.3 Å². The fourth-order valence-electron chi connectivity index (χ4n) is 1.36. The first-order valence-electron chi connectivity index (χ1n) is 5.73. The first-order chi connectivity index (χ1) is 9.17. The van der Waals surface area contributed by atoms with E-state index in [2.05, 4.69) is 21.2 Å². The van der Waals surface area contributed by atoms with Gasteiger partial charge in [-0.15, -0.1) is 0 Å². The minimum Gasteiger partial charge on any atom is -0.445 e. The Labute approximate surface area is 120 Å². The van der Waals surface area contributed by atoms with E-state index >= 15 is 0 Å². The van der Waals surface area contributed by atoms with Crippen LogP contribution in [0.3, 0.4) is 0 Å². The molecule has 1 N–H and O–H groups in total. The molecule has 0 aliphatic heterocycles. The molecule has 1 aromatic carbocycles. The van der Waals surface area contributed by atoms with Crippen molar-refractivity contribution < 1.29 is 19.1 Å². The minimum atomic E-state index is -0.663. The van der Waals surface area contributed by atoms with Crippen LogP contribution in [0, 0.1) is 0 Å². The third kappa shape index (κ3) is 5.85. The number of ether oxygens (including phenoxy) is 2. The van der Waals surface area contributed by atoms with Crippen LogP contribution in [-0.4, -0.2) is 37.0 Å². The predicted octanol–water partition coefficient (Wildman–Crippen LogP) is 1.89. The van der Waals surface area contributed by atoms with Crippen molar-refractivity contribution in [2.24, 2.45) is 0 Å². The minimum absolute atomic E-state index is 0.0918. The zero-order chi connectivity index (χ0) is 14.1. The second-order valence-corrected chi connectivity index (χ2v) is 4.33. The largest absolute Gasteiger partial charge is 0.445 e. The van der Waals surface area contributed by atoms with Crippen molar-refractivity contribution in [2.75, 3.05) is 19.0 Å². The fraction of sp³-hybridized carbons (Fsp3) is 0.385. The topological polar surface area (TPSA) is 64.6 Å². The van der Waals surface area contributed by atoms with E-state index in [1.807, 2.05) is 30.3 Å². The molecule has 6 heteroatoms. The molecule has 0 aromatic heterocycles. The van der Waals surface area contributed by atoms with Gasteiger partial charge in [0.15, 0.2) is 5.78 Å². The SMILES string of the molecule is COC(CNC(=O)OCc1ccccc1)C(=O)CBr. The van der Waals surface area contributed by atoms with Crippen LogP contribution in [0.25, 0.3) is 0 Å². The number of carbonyl (C=O) groups is 2. The summed E-state index contributed by atoms with van der Waals surface area (Å²) in [5.41, 5.74) is 0.900. The first-order valence-corrected chi connectivity index (χ1v) is 6.85. The summed E-state index contributed by atoms with van der Waals surface area (Å²) in [5.74, 6) is -0.133. The summed E-state index contributed by atoms with van der Waals surface area (Å²) in [7, 11) is 1.42. The lowest BCUT2D eigenvalue weighted by atomic mass is 10.2. The van der Waals surface area contributed by atoms with E-state index in [1.165, 1.54) is 7.11 Å². The molecule has 0 aliphatic rings. The van der Waals surface area contributed by atoms with Crippen molar-refractivity contribution in [3.63, 3.8) is 0 Å². The maximum atomic E-state index is 11.4. The number of nitrogens with one attached hydrogen (secondary N) is 1. The summed E-state index contributed by atoms with van der Waals surface area (Å²) >= 11 is 3.05. The molecule has 1 unspecified atom stereocenters. The Morgan fingerprint density at radius 2 is 2.00 bits per heavy atom. The third-order valence-corrected chi connectivity index (χ3v) is 2.97. The molecular weight excluding hydrogens is 314 g/mol. The number of alkyl carbamates (subject to hydrolysis) is 1. The van der Waals surface area contributed by atoms with Crippen LogP contribution in [0.4, 0.5) is 4.79 Å².